The molecule has 0 amide bonds. The van der Waals surface area contributed by atoms with Crippen LogP contribution in [0.3, 0.4) is 0 Å². The van der Waals surface area contributed by atoms with E-state index in [0.29, 0.717) is 11.5 Å². The van der Waals surface area contributed by atoms with Crippen LogP contribution in [0, 0.1) is 5.41 Å². The largest absolute Gasteiger partial charge is 0.381 e. The molecule has 1 N–H and O–H groups in total. The second-order valence-corrected chi connectivity index (χ2v) is 5.16. The van der Waals surface area contributed by atoms with E-state index in [2.05, 4.69) is 26.1 Å². The molecule has 0 aromatic carbocycles. The van der Waals surface area contributed by atoms with Crippen LogP contribution < -0.4 is 5.32 Å². The van der Waals surface area contributed by atoms with Crippen molar-refractivity contribution in [1.82, 2.24) is 5.32 Å². The summed E-state index contributed by atoms with van der Waals surface area (Å²) in [6.45, 7) is 11.4. The average Bonchev–Trinajstić information content (AvgIpc) is 2.68. The lowest BCUT2D eigenvalue weighted by Crippen LogP contribution is -2.40. The number of ether oxygens (including phenoxy) is 2. The lowest BCUT2D eigenvalue weighted by atomic mass is 9.78. The minimum absolute atomic E-state index is 0.295. The first-order chi connectivity index (χ1) is 8.25. The molecule has 0 spiro atoms. The van der Waals surface area contributed by atoms with Crippen LogP contribution in [-0.2, 0) is 9.47 Å². The first-order valence-electron chi connectivity index (χ1n) is 7.15. The molecule has 1 aliphatic heterocycles. The van der Waals surface area contributed by atoms with Gasteiger partial charge in [-0.3, -0.25) is 0 Å². The van der Waals surface area contributed by atoms with Crippen molar-refractivity contribution in [2.45, 2.75) is 52.6 Å². The monoisotopic (exact) mass is 243 g/mol. The zero-order valence-corrected chi connectivity index (χ0v) is 11.8. The second kappa shape index (κ2) is 8.06. The highest BCUT2D eigenvalue weighted by Gasteiger charge is 2.40. The molecular weight excluding hydrogens is 214 g/mol. The highest BCUT2D eigenvalue weighted by molar-refractivity contribution is 4.91. The molecule has 2 unspecified atom stereocenters. The lowest BCUT2D eigenvalue weighted by molar-refractivity contribution is 0.0332. The smallest absolute Gasteiger partial charge is 0.0617 e. The van der Waals surface area contributed by atoms with Crippen molar-refractivity contribution >= 4 is 0 Å². The van der Waals surface area contributed by atoms with Crippen molar-refractivity contribution in [1.29, 1.82) is 0 Å². The van der Waals surface area contributed by atoms with Gasteiger partial charge in [0.15, 0.2) is 0 Å². The molecular formula is C14H29NO2. The Bertz CT molecular complexity index is 199. The minimum Gasteiger partial charge on any atom is -0.381 e. The van der Waals surface area contributed by atoms with Crippen LogP contribution in [0.15, 0.2) is 0 Å². The molecule has 1 rings (SSSR count). The van der Waals surface area contributed by atoms with Gasteiger partial charge >= 0.3 is 0 Å². The van der Waals surface area contributed by atoms with Gasteiger partial charge in [0.2, 0.25) is 0 Å². The van der Waals surface area contributed by atoms with Crippen molar-refractivity contribution < 1.29 is 9.47 Å². The van der Waals surface area contributed by atoms with Crippen molar-refractivity contribution in [2.75, 3.05) is 32.9 Å². The normalized spacial score (nSPS) is 28.8. The Kier molecular flexibility index (Phi) is 7.09. The van der Waals surface area contributed by atoms with E-state index in [1.165, 1.54) is 12.8 Å². The molecule has 0 aromatic heterocycles. The van der Waals surface area contributed by atoms with Crippen LogP contribution in [0.5, 0.6) is 0 Å². The van der Waals surface area contributed by atoms with Crippen LogP contribution in [0.2, 0.25) is 0 Å². The maximum absolute atomic E-state index is 5.76. The minimum atomic E-state index is 0.295. The Balaban J connectivity index is 2.36. The van der Waals surface area contributed by atoms with E-state index < -0.39 is 0 Å². The third kappa shape index (κ3) is 4.57. The maximum atomic E-state index is 5.76. The molecule has 1 fully saturated rings. The van der Waals surface area contributed by atoms with Crippen LogP contribution in [-0.4, -0.2) is 39.0 Å². The Hall–Kier alpha value is -0.120. The summed E-state index contributed by atoms with van der Waals surface area (Å²) in [6.07, 6.45) is 4.94. The van der Waals surface area contributed by atoms with Crippen LogP contribution in [0.4, 0.5) is 0 Å². The molecule has 0 bridgehead atoms. The highest BCUT2D eigenvalue weighted by atomic mass is 16.5. The molecule has 102 valence electrons. The van der Waals surface area contributed by atoms with Crippen molar-refractivity contribution in [2.24, 2.45) is 5.41 Å². The molecule has 0 saturated carbocycles. The molecule has 3 nitrogen and oxygen atoms in total. The van der Waals surface area contributed by atoms with Crippen molar-refractivity contribution in [3.8, 4) is 0 Å². The standard InChI is InChI=1S/C14H29NO2/c1-4-8-15-12-14(6-10-16-9-5-2)7-11-17-13(14)3/h13,15H,4-12H2,1-3H3. The molecule has 0 aromatic rings. The SMILES string of the molecule is CCCNCC1(CCOCCC)CCOC1C. The van der Waals surface area contributed by atoms with Gasteiger partial charge in [0.25, 0.3) is 0 Å². The van der Waals surface area contributed by atoms with Gasteiger partial charge in [-0.05, 0) is 39.2 Å². The molecule has 17 heavy (non-hydrogen) atoms. The fourth-order valence-corrected chi connectivity index (χ4v) is 2.50. The predicted octanol–water partition coefficient (Wildman–Crippen LogP) is 2.60. The predicted molar refractivity (Wildman–Crippen MR) is 71.4 cm³/mol. The van der Waals surface area contributed by atoms with Crippen LogP contribution in [0.25, 0.3) is 0 Å². The van der Waals surface area contributed by atoms with E-state index in [0.717, 1.165) is 45.8 Å². The third-order valence-electron chi connectivity index (χ3n) is 3.83. The van der Waals surface area contributed by atoms with Gasteiger partial charge in [0.05, 0.1) is 6.10 Å². The van der Waals surface area contributed by atoms with E-state index >= 15 is 0 Å². The number of rotatable bonds is 9. The third-order valence-corrected chi connectivity index (χ3v) is 3.83. The Morgan fingerprint density at radius 1 is 1.29 bits per heavy atom. The Morgan fingerprint density at radius 3 is 2.71 bits per heavy atom. The second-order valence-electron chi connectivity index (χ2n) is 5.16. The first-order valence-corrected chi connectivity index (χ1v) is 7.15. The zero-order valence-electron chi connectivity index (χ0n) is 11.8. The number of hydrogen-bond acceptors (Lipinski definition) is 3. The van der Waals surface area contributed by atoms with Gasteiger partial charge in [0, 0.05) is 31.8 Å². The van der Waals surface area contributed by atoms with E-state index in [4.69, 9.17) is 9.47 Å². The molecule has 1 aliphatic rings. The summed E-state index contributed by atoms with van der Waals surface area (Å²) in [7, 11) is 0. The Labute approximate surface area is 106 Å². The number of nitrogens with one attached hydrogen (secondary N) is 1. The molecule has 3 heteroatoms. The van der Waals surface area contributed by atoms with Crippen LogP contribution in [0.1, 0.15) is 46.5 Å². The average molecular weight is 243 g/mol. The summed E-state index contributed by atoms with van der Waals surface area (Å²) in [5.74, 6) is 0. The molecule has 1 saturated heterocycles. The van der Waals surface area contributed by atoms with Crippen LogP contribution >= 0.6 is 0 Å². The van der Waals surface area contributed by atoms with Gasteiger partial charge in [-0.25, -0.2) is 0 Å². The molecule has 0 radical (unpaired) electrons. The fourth-order valence-electron chi connectivity index (χ4n) is 2.50. The molecule has 1 heterocycles. The van der Waals surface area contributed by atoms with Crippen molar-refractivity contribution in [3.05, 3.63) is 0 Å². The summed E-state index contributed by atoms with van der Waals surface area (Å²) >= 11 is 0. The Morgan fingerprint density at radius 2 is 2.12 bits per heavy atom. The quantitative estimate of drug-likeness (QED) is 0.631. The van der Waals surface area contributed by atoms with E-state index in [1.54, 1.807) is 0 Å². The van der Waals surface area contributed by atoms with Gasteiger partial charge in [0.1, 0.15) is 0 Å². The zero-order chi connectivity index (χ0) is 12.6. The molecule has 2 atom stereocenters. The van der Waals surface area contributed by atoms with Gasteiger partial charge in [-0.2, -0.15) is 0 Å². The summed E-state index contributed by atoms with van der Waals surface area (Å²) in [5.41, 5.74) is 0.295. The summed E-state index contributed by atoms with van der Waals surface area (Å²) in [6, 6.07) is 0. The van der Waals surface area contributed by atoms with E-state index in [1.807, 2.05) is 0 Å². The van der Waals surface area contributed by atoms with Crippen molar-refractivity contribution in [3.63, 3.8) is 0 Å². The topological polar surface area (TPSA) is 30.5 Å². The highest BCUT2D eigenvalue weighted by Crippen LogP contribution is 2.37. The first kappa shape index (κ1) is 14.9. The maximum Gasteiger partial charge on any atom is 0.0617 e. The molecule has 0 aliphatic carbocycles. The lowest BCUT2D eigenvalue weighted by Gasteiger charge is -2.32. The van der Waals surface area contributed by atoms with Gasteiger partial charge in [-0.1, -0.05) is 13.8 Å². The fraction of sp³-hybridized carbons (Fsp3) is 1.00. The van der Waals surface area contributed by atoms with Gasteiger partial charge < -0.3 is 14.8 Å². The summed E-state index contributed by atoms with van der Waals surface area (Å²) in [4.78, 5) is 0. The van der Waals surface area contributed by atoms with E-state index in [-0.39, 0.29) is 0 Å². The number of hydrogen-bond donors (Lipinski definition) is 1. The summed E-state index contributed by atoms with van der Waals surface area (Å²) in [5, 5.41) is 3.55. The van der Waals surface area contributed by atoms with E-state index in [9.17, 15) is 0 Å². The summed E-state index contributed by atoms with van der Waals surface area (Å²) < 4.78 is 11.4. The van der Waals surface area contributed by atoms with Gasteiger partial charge in [-0.15, -0.1) is 0 Å².